The van der Waals surface area contributed by atoms with Crippen LogP contribution in [0, 0.1) is 15.5 Å². The maximum atomic E-state index is 13.4. The summed E-state index contributed by atoms with van der Waals surface area (Å²) in [5, 5.41) is 15.2. The first kappa shape index (κ1) is 28.8. The molecule has 4 rings (SSSR count). The second kappa shape index (κ2) is 10.8. The van der Waals surface area contributed by atoms with Gasteiger partial charge in [-0.05, 0) is 55.0 Å². The number of alkyl halides is 3. The summed E-state index contributed by atoms with van der Waals surface area (Å²) in [5.41, 5.74) is 0.562. The number of allylic oxidation sites excluding steroid dienone is 3. The predicted molar refractivity (Wildman–Crippen MR) is 139 cm³/mol. The molecule has 2 aromatic rings. The van der Waals surface area contributed by atoms with E-state index in [1.165, 1.54) is 30.3 Å². The monoisotopic (exact) mass is 558 g/mol. The number of hydrogen-bond acceptors (Lipinski definition) is 7. The van der Waals surface area contributed by atoms with E-state index in [-0.39, 0.29) is 47.7 Å². The molecular formula is C29H29F3N2O6. The van der Waals surface area contributed by atoms with Crippen LogP contribution in [-0.4, -0.2) is 23.3 Å². The molecule has 2 aliphatic rings. The summed E-state index contributed by atoms with van der Waals surface area (Å²) in [4.78, 5) is 37.8. The van der Waals surface area contributed by atoms with Gasteiger partial charge in [-0.2, -0.15) is 13.2 Å². The number of hydrogen-bond donors (Lipinski definition) is 1. The Labute approximate surface area is 229 Å². The lowest BCUT2D eigenvalue weighted by molar-refractivity contribution is -0.386. The zero-order valence-corrected chi connectivity index (χ0v) is 22.5. The second-order valence-electron chi connectivity index (χ2n) is 10.6. The zero-order valence-electron chi connectivity index (χ0n) is 22.5. The van der Waals surface area contributed by atoms with Gasteiger partial charge < -0.3 is 14.8 Å². The number of carbonyl (C=O) groups is 2. The number of Topliss-reactive ketones (excluding diaryl/α,β-unsaturated/α-hetero) is 1. The number of nitrogens with one attached hydrogen (secondary N) is 1. The SMILES string of the molecule is CCOC(=O)C1=C(C)NC2=C(C(=O)CC(C)(C)C2)C1c1ccc(OCc2cccc(C(F)(F)F)c2)c([N+](=O)[O-])c1. The third-order valence-electron chi connectivity index (χ3n) is 6.90. The number of nitro benzene ring substituents is 1. The van der Waals surface area contributed by atoms with Crippen molar-refractivity contribution in [2.45, 2.75) is 59.2 Å². The van der Waals surface area contributed by atoms with E-state index in [1.54, 1.807) is 13.8 Å². The van der Waals surface area contributed by atoms with Gasteiger partial charge in [0.15, 0.2) is 11.5 Å². The molecule has 0 bridgehead atoms. The Morgan fingerprint density at radius 2 is 1.90 bits per heavy atom. The summed E-state index contributed by atoms with van der Waals surface area (Å²) in [7, 11) is 0. The Hall–Kier alpha value is -4.15. The molecule has 212 valence electrons. The lowest BCUT2D eigenvalue weighted by Crippen LogP contribution is -2.38. The van der Waals surface area contributed by atoms with Crippen molar-refractivity contribution in [2.24, 2.45) is 5.41 Å². The molecule has 1 unspecified atom stereocenters. The Morgan fingerprint density at radius 3 is 2.55 bits per heavy atom. The molecule has 0 aromatic heterocycles. The van der Waals surface area contributed by atoms with Crippen LogP contribution in [0.3, 0.4) is 0 Å². The van der Waals surface area contributed by atoms with Crippen molar-refractivity contribution in [1.29, 1.82) is 0 Å². The van der Waals surface area contributed by atoms with Crippen molar-refractivity contribution >= 4 is 17.4 Å². The zero-order chi connectivity index (χ0) is 29.4. The van der Waals surface area contributed by atoms with Crippen LogP contribution in [0.25, 0.3) is 0 Å². The van der Waals surface area contributed by atoms with E-state index in [2.05, 4.69) is 5.32 Å². The summed E-state index contributed by atoms with van der Waals surface area (Å²) in [6.07, 6.45) is -3.77. The number of halogens is 3. The fourth-order valence-corrected chi connectivity index (χ4v) is 5.23. The molecule has 1 N–H and O–H groups in total. The minimum Gasteiger partial charge on any atom is -0.482 e. The average molecular weight is 559 g/mol. The molecule has 8 nitrogen and oxygen atoms in total. The Kier molecular flexibility index (Phi) is 7.78. The molecule has 0 saturated heterocycles. The molecule has 1 heterocycles. The third kappa shape index (κ3) is 5.88. The second-order valence-corrected chi connectivity index (χ2v) is 10.6. The van der Waals surface area contributed by atoms with Crippen molar-refractivity contribution in [2.75, 3.05) is 6.61 Å². The van der Waals surface area contributed by atoms with Crippen molar-refractivity contribution in [3.63, 3.8) is 0 Å². The molecule has 1 atom stereocenters. The van der Waals surface area contributed by atoms with E-state index < -0.39 is 34.2 Å². The van der Waals surface area contributed by atoms with Gasteiger partial charge in [-0.15, -0.1) is 0 Å². The first-order valence-electron chi connectivity index (χ1n) is 12.7. The molecule has 1 aliphatic heterocycles. The molecule has 11 heteroatoms. The van der Waals surface area contributed by atoms with Crippen LogP contribution < -0.4 is 10.1 Å². The maximum Gasteiger partial charge on any atom is 0.416 e. The number of benzene rings is 2. The van der Waals surface area contributed by atoms with Crippen LogP contribution in [-0.2, 0) is 27.1 Å². The molecule has 0 spiro atoms. The topological polar surface area (TPSA) is 108 Å². The smallest absolute Gasteiger partial charge is 0.416 e. The number of nitro groups is 1. The summed E-state index contributed by atoms with van der Waals surface area (Å²) in [5.74, 6) is -1.89. The number of ketones is 1. The van der Waals surface area contributed by atoms with Gasteiger partial charge in [-0.3, -0.25) is 14.9 Å². The quantitative estimate of drug-likeness (QED) is 0.239. The Morgan fingerprint density at radius 1 is 1.18 bits per heavy atom. The van der Waals surface area contributed by atoms with Crippen LogP contribution in [0.1, 0.15) is 63.1 Å². The summed E-state index contributed by atoms with van der Waals surface area (Å²) < 4.78 is 50.1. The van der Waals surface area contributed by atoms with E-state index in [4.69, 9.17) is 9.47 Å². The van der Waals surface area contributed by atoms with Gasteiger partial charge in [0.2, 0.25) is 0 Å². The molecule has 0 saturated carbocycles. The largest absolute Gasteiger partial charge is 0.482 e. The highest BCUT2D eigenvalue weighted by Gasteiger charge is 2.43. The van der Waals surface area contributed by atoms with Gasteiger partial charge >= 0.3 is 17.8 Å². The standard InChI is InChI=1S/C29H29F3N2O6/c1-5-39-27(36)24-16(2)33-20-13-28(3,4)14-22(35)26(20)25(24)18-9-10-23(21(12-18)34(37)38)40-15-17-7-6-8-19(11-17)29(30,31)32/h6-12,25,33H,5,13-15H2,1-4H3. The van der Waals surface area contributed by atoms with Gasteiger partial charge in [0.05, 0.1) is 22.7 Å². The normalized spacial score (nSPS) is 18.7. The molecule has 40 heavy (non-hydrogen) atoms. The predicted octanol–water partition coefficient (Wildman–Crippen LogP) is 6.36. The van der Waals surface area contributed by atoms with E-state index >= 15 is 0 Å². The van der Waals surface area contributed by atoms with Crippen LogP contribution >= 0.6 is 0 Å². The number of carbonyl (C=O) groups excluding carboxylic acids is 2. The lowest BCUT2D eigenvalue weighted by Gasteiger charge is -2.39. The van der Waals surface area contributed by atoms with Crippen molar-refractivity contribution in [3.05, 3.63) is 91.8 Å². The third-order valence-corrected chi connectivity index (χ3v) is 6.90. The highest BCUT2D eigenvalue weighted by Crippen LogP contribution is 2.48. The molecule has 2 aromatic carbocycles. The minimum absolute atomic E-state index is 0.0949. The number of dihydropyridines is 1. The number of nitrogens with zero attached hydrogens (tertiary/aromatic N) is 1. The molecule has 0 amide bonds. The van der Waals surface area contributed by atoms with E-state index in [9.17, 15) is 32.9 Å². The van der Waals surface area contributed by atoms with Crippen LogP contribution in [0.2, 0.25) is 0 Å². The Bertz CT molecular complexity index is 1440. The van der Waals surface area contributed by atoms with E-state index in [1.807, 2.05) is 13.8 Å². The fourth-order valence-electron chi connectivity index (χ4n) is 5.23. The minimum atomic E-state index is -4.54. The van der Waals surface area contributed by atoms with Crippen LogP contribution in [0.15, 0.2) is 65.0 Å². The summed E-state index contributed by atoms with van der Waals surface area (Å²) >= 11 is 0. The van der Waals surface area contributed by atoms with Gasteiger partial charge in [-0.1, -0.05) is 32.0 Å². The molecule has 1 aliphatic carbocycles. The number of esters is 1. The van der Waals surface area contributed by atoms with Gasteiger partial charge in [-0.25, -0.2) is 4.79 Å². The maximum absolute atomic E-state index is 13.4. The Balaban J connectivity index is 1.75. The van der Waals surface area contributed by atoms with E-state index in [0.29, 0.717) is 29.0 Å². The van der Waals surface area contributed by atoms with Gasteiger partial charge in [0, 0.05) is 35.4 Å². The lowest BCUT2D eigenvalue weighted by atomic mass is 9.68. The highest BCUT2D eigenvalue weighted by molar-refractivity contribution is 6.04. The van der Waals surface area contributed by atoms with Crippen molar-refractivity contribution < 1.29 is 37.2 Å². The fraction of sp³-hybridized carbons (Fsp3) is 0.379. The van der Waals surface area contributed by atoms with Crippen molar-refractivity contribution in [1.82, 2.24) is 5.32 Å². The number of rotatable bonds is 7. The molecule has 0 fully saturated rings. The summed E-state index contributed by atoms with van der Waals surface area (Å²) in [6.45, 7) is 7.03. The van der Waals surface area contributed by atoms with Crippen molar-refractivity contribution in [3.8, 4) is 5.75 Å². The first-order chi connectivity index (χ1) is 18.7. The van der Waals surface area contributed by atoms with Crippen LogP contribution in [0.4, 0.5) is 18.9 Å². The molecule has 0 radical (unpaired) electrons. The number of ether oxygens (including phenoxy) is 2. The van der Waals surface area contributed by atoms with Crippen LogP contribution in [0.5, 0.6) is 5.75 Å². The highest BCUT2D eigenvalue weighted by atomic mass is 19.4. The first-order valence-corrected chi connectivity index (χ1v) is 12.7. The van der Waals surface area contributed by atoms with E-state index in [0.717, 1.165) is 12.1 Å². The van der Waals surface area contributed by atoms with Gasteiger partial charge in [0.1, 0.15) is 6.61 Å². The average Bonchev–Trinajstić information content (AvgIpc) is 2.85. The molecular weight excluding hydrogens is 529 g/mol. The van der Waals surface area contributed by atoms with Gasteiger partial charge in [0.25, 0.3) is 0 Å². The summed E-state index contributed by atoms with van der Waals surface area (Å²) in [6, 6.07) is 8.59.